The molecule has 2 aliphatic rings. The summed E-state index contributed by atoms with van der Waals surface area (Å²) in [5.41, 5.74) is 12.6. The number of allylic oxidation sites excluding steroid dienone is 2. The fourth-order valence-corrected chi connectivity index (χ4v) is 11.4. The van der Waals surface area contributed by atoms with Crippen LogP contribution in [-0.2, 0) is 23.2 Å². The molecule has 194 valence electrons. The fraction of sp³-hybridized carbons (Fsp3) is 0.0857. The average molecular weight is 637 g/mol. The summed E-state index contributed by atoms with van der Waals surface area (Å²) in [6.45, 7) is 2.26. The molecule has 40 heavy (non-hydrogen) atoms. The second kappa shape index (κ2) is 10.7. The number of rotatable bonds is 4. The number of hydrogen-bond donors (Lipinski definition) is 0. The number of para-hydroxylation sites is 2. The van der Waals surface area contributed by atoms with Crippen LogP contribution in [0.5, 0.6) is 0 Å². The van der Waals surface area contributed by atoms with Crippen LogP contribution in [0.3, 0.4) is 0 Å². The Balaban J connectivity index is 0.00000145. The van der Waals surface area contributed by atoms with Crippen molar-refractivity contribution >= 4 is 45.4 Å². The van der Waals surface area contributed by atoms with Crippen molar-refractivity contribution in [3.05, 3.63) is 143 Å². The average Bonchev–Trinajstić information content (AvgIpc) is 3.70. The fourth-order valence-electron chi connectivity index (χ4n) is 6.48. The largest absolute Gasteiger partial charge is 1.00 e. The molecule has 8 rings (SSSR count). The zero-order valence-electron chi connectivity index (χ0n) is 21.9. The zero-order chi connectivity index (χ0) is 25.2. The molecule has 2 unspecified atom stereocenters. The van der Waals surface area contributed by atoms with Crippen molar-refractivity contribution in [1.82, 2.24) is 9.13 Å². The third-order valence-corrected chi connectivity index (χ3v) is 12.8. The van der Waals surface area contributed by atoms with Crippen LogP contribution in [0.25, 0.3) is 45.4 Å². The van der Waals surface area contributed by atoms with Gasteiger partial charge in [0, 0.05) is 0 Å². The summed E-state index contributed by atoms with van der Waals surface area (Å²) >= 11 is -1.11. The van der Waals surface area contributed by atoms with Gasteiger partial charge in [-0.25, -0.2) is 0 Å². The Morgan fingerprint density at radius 1 is 0.575 bits per heavy atom. The van der Waals surface area contributed by atoms with Crippen LogP contribution < -0.4 is 24.8 Å². The van der Waals surface area contributed by atoms with Gasteiger partial charge < -0.3 is 24.8 Å². The molecule has 0 aliphatic heterocycles. The van der Waals surface area contributed by atoms with E-state index in [-0.39, 0.29) is 24.8 Å². The third-order valence-electron chi connectivity index (χ3n) is 8.18. The van der Waals surface area contributed by atoms with Crippen LogP contribution in [0, 0.1) is 6.92 Å². The second-order valence-electron chi connectivity index (χ2n) is 10.4. The number of hydrogen-bond acceptors (Lipinski definition) is 0. The minimum Gasteiger partial charge on any atom is -1.00 e. The molecule has 6 aromatic rings. The van der Waals surface area contributed by atoms with E-state index in [1.807, 2.05) is 0 Å². The summed E-state index contributed by atoms with van der Waals surface area (Å²) in [4.78, 5) is 0. The van der Waals surface area contributed by atoms with E-state index in [0.717, 1.165) is 0 Å². The van der Waals surface area contributed by atoms with Gasteiger partial charge in [-0.1, -0.05) is 0 Å². The van der Waals surface area contributed by atoms with Crippen molar-refractivity contribution in [2.75, 3.05) is 0 Å². The van der Waals surface area contributed by atoms with E-state index in [1.165, 1.54) is 61.1 Å². The van der Waals surface area contributed by atoms with Crippen LogP contribution in [-0.4, -0.2) is 9.13 Å². The molecule has 0 fully saturated rings. The Hall–Kier alpha value is -3.10. The van der Waals surface area contributed by atoms with Crippen LogP contribution in [0.1, 0.15) is 35.2 Å². The molecule has 0 spiro atoms. The van der Waals surface area contributed by atoms with Crippen LogP contribution >= 0.6 is 0 Å². The Morgan fingerprint density at radius 3 is 1.85 bits per heavy atom. The van der Waals surface area contributed by atoms with Crippen molar-refractivity contribution in [3.8, 4) is 0 Å². The van der Waals surface area contributed by atoms with Crippen LogP contribution in [0.15, 0.2) is 115 Å². The molecule has 2 aliphatic carbocycles. The second-order valence-corrected chi connectivity index (χ2v) is 14.0. The molecule has 0 amide bonds. The monoisotopic (exact) mass is 634 g/mol. The number of halogens is 2. The van der Waals surface area contributed by atoms with E-state index in [0.29, 0.717) is 7.25 Å². The Morgan fingerprint density at radius 2 is 1.12 bits per heavy atom. The van der Waals surface area contributed by atoms with Crippen molar-refractivity contribution in [3.63, 3.8) is 0 Å². The van der Waals surface area contributed by atoms with Gasteiger partial charge in [0.05, 0.1) is 0 Å². The maximum Gasteiger partial charge on any atom is -1.00 e. The first-order valence-corrected chi connectivity index (χ1v) is 16.1. The molecular weight excluding hydrogens is 611 g/mol. The topological polar surface area (TPSA) is 9.86 Å². The maximum absolute atomic E-state index is 2.54. The van der Waals surface area contributed by atoms with Gasteiger partial charge in [0.1, 0.15) is 0 Å². The zero-order valence-corrected chi connectivity index (χ0v) is 25.9. The molecule has 0 radical (unpaired) electrons. The molecule has 2 atom stereocenters. The summed E-state index contributed by atoms with van der Waals surface area (Å²) in [6.07, 6.45) is 7.20. The normalized spacial score (nSPS) is 16.9. The number of nitrogens with zero attached hydrogens (tertiary/aromatic N) is 2. The van der Waals surface area contributed by atoms with E-state index in [2.05, 4.69) is 144 Å². The number of fused-ring (bicyclic) bond motifs is 4. The van der Waals surface area contributed by atoms with Crippen molar-refractivity contribution < 1.29 is 48.0 Å². The number of benzene rings is 4. The Bertz CT molecular complexity index is 1940. The van der Waals surface area contributed by atoms with Gasteiger partial charge in [0.15, 0.2) is 0 Å². The predicted molar refractivity (Wildman–Crippen MR) is 155 cm³/mol. The van der Waals surface area contributed by atoms with Gasteiger partial charge >= 0.3 is 235 Å². The molecule has 0 saturated carbocycles. The summed E-state index contributed by atoms with van der Waals surface area (Å²) in [5, 5.41) is 2.62. The first-order valence-electron chi connectivity index (χ1n) is 13.3. The van der Waals surface area contributed by atoms with E-state index < -0.39 is 23.2 Å². The molecule has 5 heteroatoms. The predicted octanol–water partition coefficient (Wildman–Crippen LogP) is 2.80. The van der Waals surface area contributed by atoms with Crippen LogP contribution in [0.2, 0.25) is 0 Å². The number of aryl methyl sites for hydroxylation is 1. The van der Waals surface area contributed by atoms with E-state index in [1.54, 1.807) is 0 Å². The summed E-state index contributed by atoms with van der Waals surface area (Å²) in [6, 6.07) is 40.3. The molecular formula is C35H26Cl2N2Zr. The molecule has 2 heterocycles. The van der Waals surface area contributed by atoms with E-state index in [4.69, 9.17) is 0 Å². The number of aromatic nitrogens is 2. The van der Waals surface area contributed by atoms with Gasteiger partial charge in [0.25, 0.3) is 0 Å². The summed E-state index contributed by atoms with van der Waals surface area (Å²) < 4.78 is 5.93. The van der Waals surface area contributed by atoms with Crippen LogP contribution in [0.4, 0.5) is 0 Å². The minimum absolute atomic E-state index is 0. The van der Waals surface area contributed by atoms with Crippen molar-refractivity contribution in [2.24, 2.45) is 0 Å². The Kier molecular flexibility index (Phi) is 7.25. The molecule has 2 aromatic heterocycles. The quantitative estimate of drug-likeness (QED) is 0.282. The standard InChI is InChI=1S/C18H14N.C17H12N.2ClH.Zr/c1-13-10-16-8-4-5-9-18(16)19(13)17-11-14-6-2-3-7-15(14)12-17;1-2-7-15-12-16(11-14(15)6-1)18-10-9-13-5-3-4-8-17(13)18;;;/h2-12H,1H3;1-12H;2*1H;/q;;;;+2/p-2. The SMILES string of the molecule is Cc1cc2ccccc2n1C1=Cc2ccccc2[CH]1[Zr+2][CH]1C(n2ccc3ccccc32)=Cc2ccccc21.[Cl-].[Cl-]. The third kappa shape index (κ3) is 4.19. The van der Waals surface area contributed by atoms with Gasteiger partial charge in [-0.2, -0.15) is 0 Å². The van der Waals surface area contributed by atoms with Crippen molar-refractivity contribution in [1.29, 1.82) is 0 Å². The van der Waals surface area contributed by atoms with E-state index in [9.17, 15) is 0 Å². The first-order chi connectivity index (χ1) is 18.8. The van der Waals surface area contributed by atoms with Gasteiger partial charge in [-0.3, -0.25) is 0 Å². The van der Waals surface area contributed by atoms with Gasteiger partial charge in [-0.05, 0) is 0 Å². The van der Waals surface area contributed by atoms with Gasteiger partial charge in [0.2, 0.25) is 0 Å². The Labute approximate surface area is 258 Å². The molecule has 0 bridgehead atoms. The summed E-state index contributed by atoms with van der Waals surface area (Å²) in [7, 11) is 0. The molecule has 0 N–H and O–H groups in total. The van der Waals surface area contributed by atoms with Crippen molar-refractivity contribution in [2.45, 2.75) is 14.2 Å². The minimum atomic E-state index is -1.11. The summed E-state index contributed by atoms with van der Waals surface area (Å²) in [5.74, 6) is 0. The van der Waals surface area contributed by atoms with E-state index >= 15 is 0 Å². The molecule has 4 aromatic carbocycles. The van der Waals surface area contributed by atoms with Gasteiger partial charge in [-0.15, -0.1) is 0 Å². The first kappa shape index (κ1) is 27.1. The molecule has 0 saturated heterocycles. The maximum atomic E-state index is 2.54. The molecule has 2 nitrogen and oxygen atoms in total. The smallest absolute Gasteiger partial charge is 1.00 e.